The molecule has 0 amide bonds. The molecule has 1 aliphatic carbocycles. The number of thiophene rings is 1. The molecule has 96 valence electrons. The third kappa shape index (κ3) is 1.61. The summed E-state index contributed by atoms with van der Waals surface area (Å²) < 4.78 is 5.62. The van der Waals surface area contributed by atoms with E-state index in [-0.39, 0.29) is 5.60 Å². The summed E-state index contributed by atoms with van der Waals surface area (Å²) >= 11 is 1.70. The minimum Gasteiger partial charge on any atom is -0.383 e. The van der Waals surface area contributed by atoms with E-state index in [1.165, 1.54) is 11.3 Å². The summed E-state index contributed by atoms with van der Waals surface area (Å²) in [6, 6.07) is 2.10. The summed E-state index contributed by atoms with van der Waals surface area (Å²) in [6.45, 7) is 2.14. The normalized spacial score (nSPS) is 17.9. The maximum Gasteiger partial charge on any atom is 0.164 e. The molecule has 1 aliphatic rings. The van der Waals surface area contributed by atoms with Gasteiger partial charge < -0.3 is 10.5 Å². The van der Waals surface area contributed by atoms with Crippen LogP contribution < -0.4 is 5.73 Å². The number of fused-ring (bicyclic) bond motifs is 1. The van der Waals surface area contributed by atoms with Crippen molar-refractivity contribution in [2.45, 2.75) is 38.2 Å². The van der Waals surface area contributed by atoms with E-state index in [0.29, 0.717) is 5.82 Å². The van der Waals surface area contributed by atoms with Gasteiger partial charge in [0.1, 0.15) is 16.2 Å². The molecule has 18 heavy (non-hydrogen) atoms. The Labute approximate surface area is 110 Å². The molecule has 0 spiro atoms. The number of nitrogen functional groups attached to an aromatic ring is 1. The molecule has 0 atom stereocenters. The minimum absolute atomic E-state index is 0.293. The third-order valence-corrected chi connectivity index (χ3v) is 4.95. The first-order chi connectivity index (χ1) is 8.68. The number of nitrogens with zero attached hydrogens (tertiary/aromatic N) is 2. The minimum atomic E-state index is -0.293. The van der Waals surface area contributed by atoms with Gasteiger partial charge in [-0.05, 0) is 31.7 Å². The van der Waals surface area contributed by atoms with Crippen LogP contribution in [-0.4, -0.2) is 17.1 Å². The first kappa shape index (κ1) is 11.9. The first-order valence-corrected chi connectivity index (χ1v) is 7.12. The standard InChI is InChI=1S/C13H17N3OS/c1-3-8-7-9-10(14)15-12(16-11(9)18-8)13(17-2)5-4-6-13/h7H,3-6H2,1-2H3,(H2,14,15,16). The highest BCUT2D eigenvalue weighted by molar-refractivity contribution is 7.18. The second-order valence-corrected chi connectivity index (χ2v) is 5.88. The van der Waals surface area contributed by atoms with Crippen LogP contribution in [0.2, 0.25) is 0 Å². The molecule has 3 rings (SSSR count). The van der Waals surface area contributed by atoms with Crippen LogP contribution in [0.4, 0.5) is 5.82 Å². The summed E-state index contributed by atoms with van der Waals surface area (Å²) in [6.07, 6.45) is 4.14. The number of hydrogen-bond acceptors (Lipinski definition) is 5. The van der Waals surface area contributed by atoms with Gasteiger partial charge in [-0.1, -0.05) is 6.92 Å². The summed E-state index contributed by atoms with van der Waals surface area (Å²) in [7, 11) is 1.73. The van der Waals surface area contributed by atoms with Gasteiger partial charge in [0.15, 0.2) is 5.82 Å². The lowest BCUT2D eigenvalue weighted by Gasteiger charge is -2.38. The first-order valence-electron chi connectivity index (χ1n) is 6.30. The fraction of sp³-hybridized carbons (Fsp3) is 0.538. The molecule has 2 N–H and O–H groups in total. The Morgan fingerprint density at radius 1 is 1.44 bits per heavy atom. The van der Waals surface area contributed by atoms with E-state index in [4.69, 9.17) is 10.5 Å². The number of hydrogen-bond donors (Lipinski definition) is 1. The van der Waals surface area contributed by atoms with Crippen LogP contribution in [-0.2, 0) is 16.8 Å². The van der Waals surface area contributed by atoms with Gasteiger partial charge in [0.05, 0.1) is 5.39 Å². The van der Waals surface area contributed by atoms with Gasteiger partial charge in [-0.2, -0.15) is 0 Å². The Balaban J connectivity index is 2.14. The van der Waals surface area contributed by atoms with Crippen LogP contribution in [0.5, 0.6) is 0 Å². The maximum absolute atomic E-state index is 6.06. The molecule has 1 fully saturated rings. The van der Waals surface area contributed by atoms with E-state index >= 15 is 0 Å². The highest BCUT2D eigenvalue weighted by atomic mass is 32.1. The van der Waals surface area contributed by atoms with Crippen molar-refractivity contribution in [2.24, 2.45) is 0 Å². The number of nitrogens with two attached hydrogens (primary N) is 1. The Kier molecular flexibility index (Phi) is 2.75. The van der Waals surface area contributed by atoms with Crippen molar-refractivity contribution in [1.29, 1.82) is 0 Å². The van der Waals surface area contributed by atoms with Gasteiger partial charge in [0, 0.05) is 12.0 Å². The van der Waals surface area contributed by atoms with E-state index < -0.39 is 0 Å². The van der Waals surface area contributed by atoms with Crippen LogP contribution in [0.3, 0.4) is 0 Å². The molecule has 5 heteroatoms. The van der Waals surface area contributed by atoms with Crippen molar-refractivity contribution in [2.75, 3.05) is 12.8 Å². The van der Waals surface area contributed by atoms with Crippen LogP contribution in [0.15, 0.2) is 6.07 Å². The quantitative estimate of drug-likeness (QED) is 0.925. The number of aromatic nitrogens is 2. The predicted molar refractivity (Wildman–Crippen MR) is 73.7 cm³/mol. The van der Waals surface area contributed by atoms with Crippen LogP contribution >= 0.6 is 11.3 Å². The van der Waals surface area contributed by atoms with Gasteiger partial charge in [0.2, 0.25) is 0 Å². The number of anilines is 1. The maximum atomic E-state index is 6.06. The molecule has 0 unspecified atom stereocenters. The van der Waals surface area contributed by atoms with Crippen molar-refractivity contribution in [3.63, 3.8) is 0 Å². The molecule has 4 nitrogen and oxygen atoms in total. The van der Waals surface area contributed by atoms with Gasteiger partial charge in [-0.25, -0.2) is 9.97 Å². The Morgan fingerprint density at radius 2 is 2.22 bits per heavy atom. The largest absolute Gasteiger partial charge is 0.383 e. The SMILES string of the molecule is CCc1cc2c(N)nc(C3(OC)CCC3)nc2s1. The van der Waals surface area contributed by atoms with E-state index in [2.05, 4.69) is 23.0 Å². The second-order valence-electron chi connectivity index (χ2n) is 4.77. The topological polar surface area (TPSA) is 61.0 Å². The molecule has 0 radical (unpaired) electrons. The monoisotopic (exact) mass is 263 g/mol. The van der Waals surface area contributed by atoms with Crippen LogP contribution in [0, 0.1) is 0 Å². The summed E-state index contributed by atoms with van der Waals surface area (Å²) in [4.78, 5) is 11.4. The van der Waals surface area contributed by atoms with Crippen molar-refractivity contribution in [3.8, 4) is 0 Å². The Morgan fingerprint density at radius 3 is 2.78 bits per heavy atom. The van der Waals surface area contributed by atoms with E-state index in [9.17, 15) is 0 Å². The molecule has 2 aromatic rings. The molecule has 0 bridgehead atoms. The fourth-order valence-electron chi connectivity index (χ4n) is 2.39. The number of methoxy groups -OCH3 is 1. The van der Waals surface area contributed by atoms with E-state index in [1.54, 1.807) is 18.4 Å². The van der Waals surface area contributed by atoms with E-state index in [0.717, 1.165) is 35.3 Å². The number of rotatable bonds is 3. The highest BCUT2D eigenvalue weighted by Gasteiger charge is 2.42. The number of aryl methyl sites for hydroxylation is 1. The Hall–Kier alpha value is -1.20. The molecule has 1 saturated carbocycles. The summed E-state index contributed by atoms with van der Waals surface area (Å²) in [5, 5.41) is 0.978. The lowest BCUT2D eigenvalue weighted by Crippen LogP contribution is -2.38. The van der Waals surface area contributed by atoms with Crippen molar-refractivity contribution >= 4 is 27.4 Å². The molecule has 2 heterocycles. The summed E-state index contributed by atoms with van der Waals surface area (Å²) in [5.74, 6) is 1.33. The average Bonchev–Trinajstić information content (AvgIpc) is 2.72. The molecule has 0 saturated heterocycles. The molecular weight excluding hydrogens is 246 g/mol. The van der Waals surface area contributed by atoms with E-state index in [1.807, 2.05) is 0 Å². The zero-order valence-corrected chi connectivity index (χ0v) is 11.5. The zero-order chi connectivity index (χ0) is 12.8. The zero-order valence-electron chi connectivity index (χ0n) is 10.7. The number of ether oxygens (including phenoxy) is 1. The van der Waals surface area contributed by atoms with Gasteiger partial charge in [-0.3, -0.25) is 0 Å². The molecule has 0 aromatic carbocycles. The van der Waals surface area contributed by atoms with Gasteiger partial charge in [-0.15, -0.1) is 11.3 Å². The van der Waals surface area contributed by atoms with Crippen molar-refractivity contribution in [3.05, 3.63) is 16.8 Å². The molecule has 2 aromatic heterocycles. The highest BCUT2D eigenvalue weighted by Crippen LogP contribution is 2.43. The lowest BCUT2D eigenvalue weighted by atomic mass is 9.79. The summed E-state index contributed by atoms with van der Waals surface area (Å²) in [5.41, 5.74) is 5.76. The molecule has 0 aliphatic heterocycles. The molecular formula is C13H17N3OS. The second kappa shape index (κ2) is 4.17. The van der Waals surface area contributed by atoms with Gasteiger partial charge in [0.25, 0.3) is 0 Å². The third-order valence-electron chi connectivity index (χ3n) is 3.78. The predicted octanol–water partition coefficient (Wildman–Crippen LogP) is 2.86. The van der Waals surface area contributed by atoms with Crippen LogP contribution in [0.25, 0.3) is 10.2 Å². The van der Waals surface area contributed by atoms with Crippen molar-refractivity contribution < 1.29 is 4.74 Å². The van der Waals surface area contributed by atoms with Crippen molar-refractivity contribution in [1.82, 2.24) is 9.97 Å². The Bertz CT molecular complexity index is 584. The van der Waals surface area contributed by atoms with Gasteiger partial charge >= 0.3 is 0 Å². The smallest absolute Gasteiger partial charge is 0.164 e. The average molecular weight is 263 g/mol. The fourth-order valence-corrected chi connectivity index (χ4v) is 3.36. The lowest BCUT2D eigenvalue weighted by molar-refractivity contribution is -0.0842. The van der Waals surface area contributed by atoms with Crippen LogP contribution in [0.1, 0.15) is 36.9 Å².